The van der Waals surface area contributed by atoms with Crippen LogP contribution >= 0.6 is 11.6 Å². The van der Waals surface area contributed by atoms with Crippen LogP contribution < -0.4 is 5.73 Å². The van der Waals surface area contributed by atoms with Crippen molar-refractivity contribution in [3.63, 3.8) is 0 Å². The van der Waals surface area contributed by atoms with Crippen LogP contribution in [0.2, 0.25) is 5.02 Å². The fourth-order valence-electron chi connectivity index (χ4n) is 2.25. The van der Waals surface area contributed by atoms with Gasteiger partial charge in [-0.15, -0.1) is 0 Å². The van der Waals surface area contributed by atoms with Crippen LogP contribution in [0.5, 0.6) is 0 Å². The molecule has 2 aromatic heterocycles. The zero-order chi connectivity index (χ0) is 18.2. The summed E-state index contributed by atoms with van der Waals surface area (Å²) in [7, 11) is 0. The first-order valence-electron chi connectivity index (χ1n) is 6.94. The smallest absolute Gasteiger partial charge is 0.366 e. The van der Waals surface area contributed by atoms with Gasteiger partial charge in [-0.2, -0.15) is 13.2 Å². The van der Waals surface area contributed by atoms with Crippen LogP contribution in [0, 0.1) is 0 Å². The van der Waals surface area contributed by atoms with Crippen molar-refractivity contribution in [3.8, 4) is 11.3 Å². The van der Waals surface area contributed by atoms with E-state index in [4.69, 9.17) is 17.3 Å². The first-order chi connectivity index (χ1) is 11.8. The number of hydrogen-bond acceptors (Lipinski definition) is 3. The standard InChI is InChI=1S/C16H10ClF3N4O/c17-11-3-1-8(5-10(11)16(18,19)20)12-7-23-15-14(24-12)9(6-22-15)2-4-13(21)25/h1-7H,(H2,21,25)(H,22,23). The zero-order valence-electron chi connectivity index (χ0n) is 12.4. The highest BCUT2D eigenvalue weighted by molar-refractivity contribution is 6.31. The van der Waals surface area contributed by atoms with Gasteiger partial charge in [-0.1, -0.05) is 17.7 Å². The molecular formula is C16H10ClF3N4O. The third-order valence-electron chi connectivity index (χ3n) is 3.41. The lowest BCUT2D eigenvalue weighted by Crippen LogP contribution is -2.06. The number of fused-ring (bicyclic) bond motifs is 1. The van der Waals surface area contributed by atoms with Gasteiger partial charge < -0.3 is 10.7 Å². The number of aromatic amines is 1. The normalized spacial score (nSPS) is 12.2. The summed E-state index contributed by atoms with van der Waals surface area (Å²) >= 11 is 5.63. The van der Waals surface area contributed by atoms with E-state index >= 15 is 0 Å². The van der Waals surface area contributed by atoms with E-state index in [1.807, 2.05) is 0 Å². The molecule has 0 fully saturated rings. The molecule has 25 heavy (non-hydrogen) atoms. The number of hydrogen-bond donors (Lipinski definition) is 2. The van der Waals surface area contributed by atoms with Crippen LogP contribution in [0.4, 0.5) is 13.2 Å². The number of rotatable bonds is 3. The maximum atomic E-state index is 13.0. The fraction of sp³-hybridized carbons (Fsp3) is 0.0625. The molecular weight excluding hydrogens is 357 g/mol. The number of aromatic nitrogens is 3. The summed E-state index contributed by atoms with van der Waals surface area (Å²) in [6.45, 7) is 0. The minimum Gasteiger partial charge on any atom is -0.366 e. The molecule has 2 heterocycles. The summed E-state index contributed by atoms with van der Waals surface area (Å²) < 4.78 is 39.0. The van der Waals surface area contributed by atoms with Crippen molar-refractivity contribution < 1.29 is 18.0 Å². The molecule has 3 aromatic rings. The molecule has 0 radical (unpaired) electrons. The van der Waals surface area contributed by atoms with Gasteiger partial charge in [0.05, 0.1) is 22.5 Å². The maximum absolute atomic E-state index is 13.0. The SMILES string of the molecule is NC(=O)C=Cc1c[nH]c2ncc(-c3ccc(Cl)c(C(F)(F)F)c3)nc12. The summed E-state index contributed by atoms with van der Waals surface area (Å²) in [5.74, 6) is -0.633. The van der Waals surface area contributed by atoms with Gasteiger partial charge in [-0.05, 0) is 18.2 Å². The van der Waals surface area contributed by atoms with E-state index in [2.05, 4.69) is 15.0 Å². The van der Waals surface area contributed by atoms with Crippen LogP contribution in [0.15, 0.2) is 36.7 Å². The number of benzene rings is 1. The fourth-order valence-corrected chi connectivity index (χ4v) is 2.48. The van der Waals surface area contributed by atoms with Gasteiger partial charge in [-0.3, -0.25) is 4.79 Å². The van der Waals surface area contributed by atoms with Gasteiger partial charge in [0, 0.05) is 23.4 Å². The third kappa shape index (κ3) is 3.48. The van der Waals surface area contributed by atoms with Crippen molar-refractivity contribution in [2.75, 3.05) is 0 Å². The van der Waals surface area contributed by atoms with Crippen LogP contribution in [-0.2, 0) is 11.0 Å². The molecule has 0 unspecified atom stereocenters. The molecule has 0 saturated heterocycles. The molecule has 0 bridgehead atoms. The molecule has 5 nitrogen and oxygen atoms in total. The molecule has 0 aliphatic heterocycles. The molecule has 128 valence electrons. The summed E-state index contributed by atoms with van der Waals surface area (Å²) in [4.78, 5) is 22.2. The van der Waals surface area contributed by atoms with Gasteiger partial charge in [0.2, 0.25) is 5.91 Å². The minimum atomic E-state index is -4.58. The minimum absolute atomic E-state index is 0.220. The molecule has 1 amide bonds. The van der Waals surface area contributed by atoms with Crippen molar-refractivity contribution in [2.45, 2.75) is 6.18 Å². The summed E-state index contributed by atoms with van der Waals surface area (Å²) in [5, 5.41) is -0.392. The Morgan fingerprint density at radius 2 is 2.08 bits per heavy atom. The van der Waals surface area contributed by atoms with Gasteiger partial charge in [0.1, 0.15) is 5.52 Å². The van der Waals surface area contributed by atoms with Crippen LogP contribution in [-0.4, -0.2) is 20.9 Å². The van der Waals surface area contributed by atoms with Crippen LogP contribution in [0.1, 0.15) is 11.1 Å². The van der Waals surface area contributed by atoms with E-state index in [0.29, 0.717) is 16.7 Å². The molecule has 3 N–H and O–H groups in total. The van der Waals surface area contributed by atoms with E-state index in [0.717, 1.165) is 18.2 Å². The predicted molar refractivity (Wildman–Crippen MR) is 87.6 cm³/mol. The monoisotopic (exact) mass is 366 g/mol. The van der Waals surface area contributed by atoms with Crippen LogP contribution in [0.25, 0.3) is 28.5 Å². The summed E-state index contributed by atoms with van der Waals surface area (Å²) in [6.07, 6.45) is 0.943. The first kappa shape index (κ1) is 17.0. The average molecular weight is 367 g/mol. The second-order valence-electron chi connectivity index (χ2n) is 5.12. The number of primary amides is 1. The Bertz CT molecular complexity index is 995. The van der Waals surface area contributed by atoms with E-state index in [1.165, 1.54) is 18.3 Å². The number of nitrogens with two attached hydrogens (primary N) is 1. The number of nitrogens with one attached hydrogen (secondary N) is 1. The van der Waals surface area contributed by atoms with Crippen molar-refractivity contribution >= 4 is 34.7 Å². The first-order valence-corrected chi connectivity index (χ1v) is 7.32. The average Bonchev–Trinajstić information content (AvgIpc) is 2.94. The summed E-state index contributed by atoms with van der Waals surface area (Å²) in [5.41, 5.74) is 5.93. The van der Waals surface area contributed by atoms with E-state index in [1.54, 1.807) is 6.20 Å². The largest absolute Gasteiger partial charge is 0.417 e. The van der Waals surface area contributed by atoms with E-state index in [-0.39, 0.29) is 11.3 Å². The van der Waals surface area contributed by atoms with Gasteiger partial charge in [0.15, 0.2) is 5.65 Å². The van der Waals surface area contributed by atoms with Crippen LogP contribution in [0.3, 0.4) is 0 Å². The highest BCUT2D eigenvalue weighted by Crippen LogP contribution is 2.37. The molecule has 0 saturated carbocycles. The second kappa shape index (κ2) is 6.21. The number of carbonyl (C=O) groups is 1. The number of nitrogens with zero attached hydrogens (tertiary/aromatic N) is 2. The lowest BCUT2D eigenvalue weighted by molar-refractivity contribution is -0.137. The number of halogens is 4. The Hall–Kier alpha value is -2.87. The summed E-state index contributed by atoms with van der Waals surface area (Å²) in [6, 6.07) is 3.51. The number of alkyl halides is 3. The number of carbonyl (C=O) groups excluding carboxylic acids is 1. The van der Waals surface area contributed by atoms with E-state index in [9.17, 15) is 18.0 Å². The molecule has 3 rings (SSSR count). The topological polar surface area (TPSA) is 84.7 Å². The van der Waals surface area contributed by atoms with Gasteiger partial charge in [-0.25, -0.2) is 9.97 Å². The quantitative estimate of drug-likeness (QED) is 0.691. The molecule has 1 aromatic carbocycles. The number of H-pyrrole nitrogens is 1. The highest BCUT2D eigenvalue weighted by Gasteiger charge is 2.33. The Morgan fingerprint density at radius 1 is 1.32 bits per heavy atom. The Morgan fingerprint density at radius 3 is 2.76 bits per heavy atom. The second-order valence-corrected chi connectivity index (χ2v) is 5.53. The predicted octanol–water partition coefficient (Wildman–Crippen LogP) is 3.80. The molecule has 0 aliphatic rings. The molecule has 9 heteroatoms. The van der Waals surface area contributed by atoms with Gasteiger partial charge >= 0.3 is 6.18 Å². The lowest BCUT2D eigenvalue weighted by Gasteiger charge is -2.10. The maximum Gasteiger partial charge on any atom is 0.417 e. The third-order valence-corrected chi connectivity index (χ3v) is 3.73. The van der Waals surface area contributed by atoms with Gasteiger partial charge in [0.25, 0.3) is 0 Å². The Kier molecular flexibility index (Phi) is 4.22. The van der Waals surface area contributed by atoms with E-state index < -0.39 is 22.7 Å². The van der Waals surface area contributed by atoms with Crippen molar-refractivity contribution in [2.24, 2.45) is 5.73 Å². The number of amides is 1. The molecule has 0 spiro atoms. The molecule has 0 aliphatic carbocycles. The zero-order valence-corrected chi connectivity index (χ0v) is 13.2. The van der Waals surface area contributed by atoms with Crippen molar-refractivity contribution in [1.29, 1.82) is 0 Å². The molecule has 0 atom stereocenters. The van der Waals surface area contributed by atoms with Crippen molar-refractivity contribution in [3.05, 3.63) is 52.8 Å². The van der Waals surface area contributed by atoms with Crippen molar-refractivity contribution in [1.82, 2.24) is 15.0 Å². The Labute approximate surface area is 144 Å². The Balaban J connectivity index is 2.11. The highest BCUT2D eigenvalue weighted by atomic mass is 35.5. The lowest BCUT2D eigenvalue weighted by atomic mass is 10.1.